The van der Waals surface area contributed by atoms with Gasteiger partial charge in [0.1, 0.15) is 6.54 Å². The summed E-state index contributed by atoms with van der Waals surface area (Å²) in [5, 5.41) is 8.90. The molecule has 2 fully saturated rings. The number of morpholine rings is 1. The number of sulfonamides is 1. The van der Waals surface area contributed by atoms with Gasteiger partial charge in [-0.3, -0.25) is 9.59 Å². The molecule has 1 amide bonds. The number of carbonyl (C=O) groups is 2. The maximum Gasteiger partial charge on any atom is 0.318 e. The van der Waals surface area contributed by atoms with Crippen LogP contribution in [0.2, 0.25) is 0 Å². The zero-order valence-corrected chi connectivity index (χ0v) is 16.3. The van der Waals surface area contributed by atoms with E-state index in [1.807, 2.05) is 0 Å². The molecule has 0 aromatic rings. The number of carboxylic acids is 1. The summed E-state index contributed by atoms with van der Waals surface area (Å²) in [6.07, 6.45) is 0.438. The minimum atomic E-state index is -3.67. The highest BCUT2D eigenvalue weighted by Crippen LogP contribution is 2.68. The number of carbonyl (C=O) groups excluding carboxylic acids is 1. The molecule has 1 heterocycles. The van der Waals surface area contributed by atoms with Crippen LogP contribution in [0, 0.1) is 16.7 Å². The standard InChI is InChI=1S/C16H28N2O6S/c1-15(2)13(16(15,3)4)14(21)17-6-7-24-11(8-17)9-18(10-12(19)20)25(5,22)23/h11,13H,6-10H2,1-5H3,(H,19,20). The van der Waals surface area contributed by atoms with E-state index < -0.39 is 28.6 Å². The number of ether oxygens (including phenoxy) is 1. The lowest BCUT2D eigenvalue weighted by Gasteiger charge is -2.35. The average Bonchev–Trinajstić information content (AvgIpc) is 2.86. The molecule has 0 aromatic carbocycles. The summed E-state index contributed by atoms with van der Waals surface area (Å²) in [6, 6.07) is 0. The Kier molecular flexibility index (Phi) is 5.24. The molecule has 1 unspecified atom stereocenters. The van der Waals surface area contributed by atoms with E-state index in [0.29, 0.717) is 13.2 Å². The van der Waals surface area contributed by atoms with E-state index in [1.165, 1.54) is 0 Å². The SMILES string of the molecule is CC1(C)C(C(=O)N2CCOC(CN(CC(=O)O)S(C)(=O)=O)C2)C1(C)C. The van der Waals surface area contributed by atoms with Crippen LogP contribution in [-0.2, 0) is 24.3 Å². The van der Waals surface area contributed by atoms with Crippen molar-refractivity contribution < 1.29 is 27.9 Å². The molecule has 2 aliphatic rings. The van der Waals surface area contributed by atoms with Crippen LogP contribution in [0.5, 0.6) is 0 Å². The van der Waals surface area contributed by atoms with Gasteiger partial charge in [0.25, 0.3) is 0 Å². The number of carboxylic acid groups (broad SMARTS) is 1. The summed E-state index contributed by atoms with van der Waals surface area (Å²) in [6.45, 7) is 8.66. The van der Waals surface area contributed by atoms with Crippen molar-refractivity contribution >= 4 is 21.9 Å². The molecule has 25 heavy (non-hydrogen) atoms. The highest BCUT2D eigenvalue weighted by atomic mass is 32.2. The van der Waals surface area contributed by atoms with E-state index in [9.17, 15) is 18.0 Å². The molecule has 1 saturated heterocycles. The molecule has 1 N–H and O–H groups in total. The van der Waals surface area contributed by atoms with Crippen LogP contribution in [-0.4, -0.2) is 79.8 Å². The summed E-state index contributed by atoms with van der Waals surface area (Å²) in [5.74, 6) is -1.23. The highest BCUT2D eigenvalue weighted by molar-refractivity contribution is 7.88. The van der Waals surface area contributed by atoms with Crippen LogP contribution in [0.1, 0.15) is 27.7 Å². The van der Waals surface area contributed by atoms with Crippen LogP contribution >= 0.6 is 0 Å². The summed E-state index contributed by atoms with van der Waals surface area (Å²) in [4.78, 5) is 25.5. The first-order valence-electron chi connectivity index (χ1n) is 8.35. The fourth-order valence-electron chi connectivity index (χ4n) is 3.72. The van der Waals surface area contributed by atoms with E-state index in [2.05, 4.69) is 27.7 Å². The molecule has 1 saturated carbocycles. The summed E-state index contributed by atoms with van der Waals surface area (Å²) in [5.41, 5.74) is -0.139. The molecule has 8 nitrogen and oxygen atoms in total. The third kappa shape index (κ3) is 3.98. The topological polar surface area (TPSA) is 104 Å². The predicted molar refractivity (Wildman–Crippen MR) is 91.4 cm³/mol. The maximum atomic E-state index is 12.8. The van der Waals surface area contributed by atoms with Crippen LogP contribution in [0.25, 0.3) is 0 Å². The Hall–Kier alpha value is -1.19. The Balaban J connectivity index is 2.03. The minimum absolute atomic E-state index is 0.0624. The van der Waals surface area contributed by atoms with Gasteiger partial charge in [0.15, 0.2) is 0 Å². The minimum Gasteiger partial charge on any atom is -0.480 e. The van der Waals surface area contributed by atoms with E-state index in [1.54, 1.807) is 4.90 Å². The smallest absolute Gasteiger partial charge is 0.318 e. The van der Waals surface area contributed by atoms with Crippen molar-refractivity contribution in [2.45, 2.75) is 33.8 Å². The predicted octanol–water partition coefficient (Wildman–Crippen LogP) is 0.242. The lowest BCUT2D eigenvalue weighted by molar-refractivity contribution is -0.143. The van der Waals surface area contributed by atoms with Gasteiger partial charge >= 0.3 is 5.97 Å². The second kappa shape index (κ2) is 6.51. The van der Waals surface area contributed by atoms with Gasteiger partial charge in [0.05, 0.1) is 19.0 Å². The van der Waals surface area contributed by atoms with E-state index in [4.69, 9.17) is 9.84 Å². The highest BCUT2D eigenvalue weighted by Gasteiger charge is 2.68. The third-order valence-corrected chi connectivity index (χ3v) is 7.12. The third-order valence-electron chi connectivity index (χ3n) is 5.91. The number of rotatable bonds is 6. The first-order chi connectivity index (χ1) is 11.3. The van der Waals surface area contributed by atoms with Gasteiger partial charge in [0.2, 0.25) is 15.9 Å². The van der Waals surface area contributed by atoms with Crippen molar-refractivity contribution in [3.05, 3.63) is 0 Å². The molecule has 2 rings (SSSR count). The van der Waals surface area contributed by atoms with Crippen LogP contribution in [0.3, 0.4) is 0 Å². The Morgan fingerprint density at radius 3 is 2.24 bits per heavy atom. The quantitative estimate of drug-likeness (QED) is 0.712. The van der Waals surface area contributed by atoms with Gasteiger partial charge in [0, 0.05) is 25.6 Å². The molecular weight excluding hydrogens is 348 g/mol. The zero-order chi connectivity index (χ0) is 19.2. The zero-order valence-electron chi connectivity index (χ0n) is 15.5. The fraction of sp³-hybridized carbons (Fsp3) is 0.875. The van der Waals surface area contributed by atoms with Crippen molar-refractivity contribution in [2.24, 2.45) is 16.7 Å². The fourth-order valence-corrected chi connectivity index (χ4v) is 4.50. The first kappa shape index (κ1) is 20.1. The van der Waals surface area contributed by atoms with Gasteiger partial charge in [-0.2, -0.15) is 4.31 Å². The summed E-state index contributed by atoms with van der Waals surface area (Å²) in [7, 11) is -3.67. The Morgan fingerprint density at radius 1 is 1.24 bits per heavy atom. The lowest BCUT2D eigenvalue weighted by atomic mass is 10.0. The van der Waals surface area contributed by atoms with Gasteiger partial charge in [-0.25, -0.2) is 8.42 Å². The van der Waals surface area contributed by atoms with Crippen molar-refractivity contribution in [1.82, 2.24) is 9.21 Å². The largest absolute Gasteiger partial charge is 0.480 e. The molecule has 1 aliphatic carbocycles. The first-order valence-corrected chi connectivity index (χ1v) is 10.2. The van der Waals surface area contributed by atoms with Crippen LogP contribution in [0.4, 0.5) is 0 Å². The van der Waals surface area contributed by atoms with Crippen molar-refractivity contribution in [3.8, 4) is 0 Å². The van der Waals surface area contributed by atoms with E-state index >= 15 is 0 Å². The van der Waals surface area contributed by atoms with Crippen molar-refractivity contribution in [1.29, 1.82) is 0 Å². The molecule has 1 atom stereocenters. The van der Waals surface area contributed by atoms with Gasteiger partial charge in [-0.1, -0.05) is 27.7 Å². The molecule has 0 aromatic heterocycles. The lowest BCUT2D eigenvalue weighted by Crippen LogP contribution is -2.51. The molecule has 0 spiro atoms. The monoisotopic (exact) mass is 376 g/mol. The maximum absolute atomic E-state index is 12.8. The molecule has 1 aliphatic heterocycles. The Bertz CT molecular complexity index is 644. The van der Waals surface area contributed by atoms with E-state index in [-0.39, 0.29) is 35.7 Å². The second-order valence-corrected chi connectivity index (χ2v) is 10.1. The number of aliphatic carboxylic acids is 1. The number of nitrogens with zero attached hydrogens (tertiary/aromatic N) is 2. The van der Waals surface area contributed by atoms with E-state index in [0.717, 1.165) is 10.6 Å². The average molecular weight is 376 g/mol. The van der Waals surface area contributed by atoms with Crippen molar-refractivity contribution in [2.75, 3.05) is 39.0 Å². The van der Waals surface area contributed by atoms with Crippen molar-refractivity contribution in [3.63, 3.8) is 0 Å². The number of hydrogen-bond acceptors (Lipinski definition) is 5. The molecular formula is C16H28N2O6S. The normalized spacial score (nSPS) is 25.8. The molecule has 9 heteroatoms. The summed E-state index contributed by atoms with van der Waals surface area (Å²) >= 11 is 0. The summed E-state index contributed by atoms with van der Waals surface area (Å²) < 4.78 is 30.0. The molecule has 144 valence electrons. The Labute approximate surface area is 149 Å². The van der Waals surface area contributed by atoms with Gasteiger partial charge < -0.3 is 14.7 Å². The van der Waals surface area contributed by atoms with Crippen LogP contribution < -0.4 is 0 Å². The number of hydrogen-bond donors (Lipinski definition) is 1. The van der Waals surface area contributed by atoms with Gasteiger partial charge in [-0.15, -0.1) is 0 Å². The van der Waals surface area contributed by atoms with Gasteiger partial charge in [-0.05, 0) is 10.8 Å². The second-order valence-electron chi connectivity index (χ2n) is 8.10. The molecule has 0 bridgehead atoms. The molecule has 0 radical (unpaired) electrons. The number of amides is 1. The Morgan fingerprint density at radius 2 is 1.80 bits per heavy atom. The van der Waals surface area contributed by atoms with Crippen LogP contribution in [0.15, 0.2) is 0 Å².